The first-order valence-electron chi connectivity index (χ1n) is 10.6. The number of hydrogen-bond acceptors (Lipinski definition) is 6. The molecule has 168 valence electrons. The van der Waals surface area contributed by atoms with E-state index in [9.17, 15) is 9.00 Å². The van der Waals surface area contributed by atoms with E-state index >= 15 is 0 Å². The van der Waals surface area contributed by atoms with Crippen LogP contribution in [0.15, 0.2) is 46.7 Å². The summed E-state index contributed by atoms with van der Waals surface area (Å²) < 4.78 is 28.4. The SMILES string of the molecule is CC(C)(C)OC(=O)C1(NS(=O)c2ccc(N3CCOCC3)s2)CC1(C)c1ccccc1. The molecule has 2 fully saturated rings. The first-order valence-corrected chi connectivity index (χ1v) is 12.5. The lowest BCUT2D eigenvalue weighted by atomic mass is 9.93. The summed E-state index contributed by atoms with van der Waals surface area (Å²) in [6.45, 7) is 10.6. The van der Waals surface area contributed by atoms with Crippen LogP contribution in [0.1, 0.15) is 39.7 Å². The third-order valence-corrected chi connectivity index (χ3v) is 8.61. The molecule has 3 unspecified atom stereocenters. The lowest BCUT2D eigenvalue weighted by Crippen LogP contribution is -2.48. The van der Waals surface area contributed by atoms with Crippen molar-refractivity contribution in [2.24, 2.45) is 0 Å². The zero-order chi connectivity index (χ0) is 22.3. The summed E-state index contributed by atoms with van der Waals surface area (Å²) in [5.74, 6) is -0.357. The van der Waals surface area contributed by atoms with Gasteiger partial charge in [0, 0.05) is 18.5 Å². The summed E-state index contributed by atoms with van der Waals surface area (Å²) in [6, 6.07) is 13.8. The normalized spacial score (nSPS) is 27.0. The fourth-order valence-electron chi connectivity index (χ4n) is 4.07. The van der Waals surface area contributed by atoms with E-state index in [0.717, 1.165) is 23.7 Å². The molecule has 1 saturated carbocycles. The van der Waals surface area contributed by atoms with Crippen molar-refractivity contribution in [3.63, 3.8) is 0 Å². The van der Waals surface area contributed by atoms with Crippen molar-refractivity contribution in [2.45, 2.75) is 54.9 Å². The van der Waals surface area contributed by atoms with Crippen molar-refractivity contribution in [3.05, 3.63) is 48.0 Å². The quantitative estimate of drug-likeness (QED) is 0.664. The van der Waals surface area contributed by atoms with Crippen molar-refractivity contribution in [3.8, 4) is 0 Å². The molecule has 2 aromatic rings. The number of thiophene rings is 1. The first kappa shape index (κ1) is 22.5. The topological polar surface area (TPSA) is 67.9 Å². The van der Waals surface area contributed by atoms with Gasteiger partial charge in [0.25, 0.3) is 0 Å². The van der Waals surface area contributed by atoms with E-state index in [0.29, 0.717) is 23.8 Å². The number of nitrogens with zero attached hydrogens (tertiary/aromatic N) is 1. The Morgan fingerprint density at radius 3 is 2.48 bits per heavy atom. The van der Waals surface area contributed by atoms with Gasteiger partial charge >= 0.3 is 5.97 Å². The number of carbonyl (C=O) groups excluding carboxylic acids is 1. The molecule has 0 spiro atoms. The van der Waals surface area contributed by atoms with Crippen LogP contribution in [0.3, 0.4) is 0 Å². The Kier molecular flexibility index (Phi) is 6.02. The van der Waals surface area contributed by atoms with Crippen LogP contribution in [0.5, 0.6) is 0 Å². The maximum Gasteiger partial charge on any atom is 0.328 e. The molecule has 0 amide bonds. The molecular weight excluding hydrogens is 432 g/mol. The van der Waals surface area contributed by atoms with E-state index in [1.54, 1.807) is 0 Å². The highest BCUT2D eigenvalue weighted by Gasteiger charge is 2.72. The molecular formula is C23H30N2O4S2. The number of morpholine rings is 1. The Hall–Kier alpha value is -1.74. The highest BCUT2D eigenvalue weighted by Crippen LogP contribution is 2.58. The standard InChI is InChI=1S/C23H30N2O4S2/c1-21(2,3)29-20(26)23(16-22(23,4)17-8-6-5-7-9-17)24-31(27)19-11-10-18(30-19)25-12-14-28-15-13-25/h5-11,24H,12-16H2,1-4H3. The fraction of sp³-hybridized carbons (Fsp3) is 0.522. The monoisotopic (exact) mass is 462 g/mol. The molecule has 4 rings (SSSR count). The Balaban J connectivity index is 1.58. The van der Waals surface area contributed by atoms with Gasteiger partial charge in [-0.1, -0.05) is 37.3 Å². The first-order chi connectivity index (χ1) is 14.6. The number of ether oxygens (including phenoxy) is 2. The summed E-state index contributed by atoms with van der Waals surface area (Å²) >= 11 is 1.49. The molecule has 2 aliphatic rings. The minimum Gasteiger partial charge on any atom is -0.459 e. The zero-order valence-corrected chi connectivity index (χ0v) is 20.1. The van der Waals surface area contributed by atoms with Crippen LogP contribution in [-0.2, 0) is 30.7 Å². The molecule has 1 aromatic carbocycles. The Morgan fingerprint density at radius 1 is 1.16 bits per heavy atom. The number of nitrogens with one attached hydrogen (secondary N) is 1. The Labute approximate surface area is 190 Å². The molecule has 8 heteroatoms. The average Bonchev–Trinajstić information content (AvgIpc) is 3.11. The van der Waals surface area contributed by atoms with Gasteiger partial charge in [-0.2, -0.15) is 0 Å². The van der Waals surface area contributed by atoms with Gasteiger partial charge in [-0.25, -0.2) is 13.7 Å². The van der Waals surface area contributed by atoms with E-state index in [-0.39, 0.29) is 5.97 Å². The molecule has 1 aliphatic heterocycles. The molecule has 6 nitrogen and oxygen atoms in total. The fourth-order valence-corrected chi connectivity index (χ4v) is 6.53. The second kappa shape index (κ2) is 8.31. The average molecular weight is 463 g/mol. The van der Waals surface area contributed by atoms with Crippen LogP contribution >= 0.6 is 11.3 Å². The molecule has 1 aromatic heterocycles. The second-order valence-corrected chi connectivity index (χ2v) is 11.8. The molecule has 0 radical (unpaired) electrons. The summed E-state index contributed by atoms with van der Waals surface area (Å²) in [5.41, 5.74) is -1.11. The van der Waals surface area contributed by atoms with Crippen LogP contribution in [0.4, 0.5) is 5.00 Å². The Bertz CT molecular complexity index is 965. The van der Waals surface area contributed by atoms with Gasteiger partial charge in [0.2, 0.25) is 0 Å². The van der Waals surface area contributed by atoms with Gasteiger partial charge in [0.05, 0.1) is 18.2 Å². The molecule has 3 atom stereocenters. The van der Waals surface area contributed by atoms with Crippen LogP contribution in [0, 0.1) is 0 Å². The minimum absolute atomic E-state index is 0.357. The zero-order valence-electron chi connectivity index (χ0n) is 18.5. The summed E-state index contributed by atoms with van der Waals surface area (Å²) in [5, 5.41) is 1.07. The van der Waals surface area contributed by atoms with Gasteiger partial charge in [-0.05, 0) is 44.9 Å². The van der Waals surface area contributed by atoms with E-state index in [2.05, 4.69) is 9.62 Å². The van der Waals surface area contributed by atoms with Crippen LogP contribution < -0.4 is 9.62 Å². The number of anilines is 1. The van der Waals surface area contributed by atoms with Crippen molar-refractivity contribution in [1.29, 1.82) is 0 Å². The minimum atomic E-state index is -1.53. The summed E-state index contributed by atoms with van der Waals surface area (Å²) in [7, 11) is -1.53. The third kappa shape index (κ3) is 4.44. The van der Waals surface area contributed by atoms with Gasteiger partial charge in [-0.15, -0.1) is 11.3 Å². The van der Waals surface area contributed by atoms with Crippen molar-refractivity contribution in [2.75, 3.05) is 31.2 Å². The van der Waals surface area contributed by atoms with Gasteiger partial charge < -0.3 is 14.4 Å². The highest BCUT2D eigenvalue weighted by atomic mass is 32.2. The summed E-state index contributed by atoms with van der Waals surface area (Å²) in [6.07, 6.45) is 0.534. The number of carbonyl (C=O) groups is 1. The predicted molar refractivity (Wildman–Crippen MR) is 124 cm³/mol. The number of rotatable bonds is 6. The van der Waals surface area contributed by atoms with Crippen molar-refractivity contribution in [1.82, 2.24) is 4.72 Å². The van der Waals surface area contributed by atoms with Crippen molar-refractivity contribution < 1.29 is 18.5 Å². The van der Waals surface area contributed by atoms with Gasteiger partial charge in [0.1, 0.15) is 26.3 Å². The van der Waals surface area contributed by atoms with Gasteiger partial charge in [0.15, 0.2) is 0 Å². The van der Waals surface area contributed by atoms with Crippen LogP contribution in [-0.4, -0.2) is 47.6 Å². The number of benzene rings is 1. The highest BCUT2D eigenvalue weighted by molar-refractivity contribution is 7.85. The number of esters is 1. The van der Waals surface area contributed by atoms with E-state index in [4.69, 9.17) is 9.47 Å². The predicted octanol–water partition coefficient (Wildman–Crippen LogP) is 3.64. The van der Waals surface area contributed by atoms with Crippen LogP contribution in [0.2, 0.25) is 0 Å². The van der Waals surface area contributed by atoms with E-state index in [1.165, 1.54) is 11.3 Å². The molecule has 2 heterocycles. The smallest absolute Gasteiger partial charge is 0.328 e. The molecule has 31 heavy (non-hydrogen) atoms. The summed E-state index contributed by atoms with van der Waals surface area (Å²) in [4.78, 5) is 15.6. The molecule has 1 N–H and O–H groups in total. The van der Waals surface area contributed by atoms with Gasteiger partial charge in [-0.3, -0.25) is 0 Å². The lowest BCUT2D eigenvalue weighted by Gasteiger charge is -2.28. The largest absolute Gasteiger partial charge is 0.459 e. The van der Waals surface area contributed by atoms with E-state index in [1.807, 2.05) is 70.2 Å². The Morgan fingerprint density at radius 2 is 1.84 bits per heavy atom. The van der Waals surface area contributed by atoms with Crippen LogP contribution in [0.25, 0.3) is 0 Å². The molecule has 1 aliphatic carbocycles. The second-order valence-electron chi connectivity index (χ2n) is 9.35. The maximum atomic E-state index is 13.3. The molecule has 0 bridgehead atoms. The lowest BCUT2D eigenvalue weighted by molar-refractivity contribution is -0.158. The van der Waals surface area contributed by atoms with Crippen molar-refractivity contribution >= 4 is 33.3 Å². The third-order valence-electron chi connectivity index (χ3n) is 5.93. The molecule has 1 saturated heterocycles. The maximum absolute atomic E-state index is 13.3. The number of hydrogen-bond donors (Lipinski definition) is 1. The van der Waals surface area contributed by atoms with E-state index < -0.39 is 27.5 Å².